The summed E-state index contributed by atoms with van der Waals surface area (Å²) in [6, 6.07) is 14.7. The van der Waals surface area contributed by atoms with Crippen molar-refractivity contribution < 1.29 is 19.0 Å². The number of carbonyl (C=O) groups is 1. The second-order valence-corrected chi connectivity index (χ2v) is 8.21. The second-order valence-electron chi connectivity index (χ2n) is 8.21. The SMILES string of the molecule is Cc1ccc(C(CNC(=O)CCc2ccc3c(c2)OCCCO3)N2CCOCC2)cc1. The monoisotopic (exact) mass is 424 g/mol. The molecule has 1 fully saturated rings. The molecule has 2 heterocycles. The van der Waals surface area contributed by atoms with Crippen LogP contribution in [0.25, 0.3) is 0 Å². The molecule has 1 N–H and O–H groups in total. The van der Waals surface area contributed by atoms with Crippen LogP contribution in [0.1, 0.15) is 35.6 Å². The average molecular weight is 425 g/mol. The summed E-state index contributed by atoms with van der Waals surface area (Å²) in [7, 11) is 0. The van der Waals surface area contributed by atoms with E-state index in [2.05, 4.69) is 41.4 Å². The Morgan fingerprint density at radius 2 is 1.74 bits per heavy atom. The van der Waals surface area contributed by atoms with E-state index in [9.17, 15) is 4.79 Å². The van der Waals surface area contributed by atoms with Crippen LogP contribution in [0.3, 0.4) is 0 Å². The van der Waals surface area contributed by atoms with E-state index in [1.165, 1.54) is 11.1 Å². The zero-order valence-electron chi connectivity index (χ0n) is 18.3. The van der Waals surface area contributed by atoms with Crippen LogP contribution in [0.2, 0.25) is 0 Å². The summed E-state index contributed by atoms with van der Waals surface area (Å²) in [6.07, 6.45) is 2.01. The number of fused-ring (bicyclic) bond motifs is 1. The van der Waals surface area contributed by atoms with Crippen molar-refractivity contribution in [3.8, 4) is 11.5 Å². The van der Waals surface area contributed by atoms with Gasteiger partial charge in [-0.15, -0.1) is 0 Å². The lowest BCUT2D eigenvalue weighted by Gasteiger charge is -2.35. The summed E-state index contributed by atoms with van der Waals surface area (Å²) >= 11 is 0. The van der Waals surface area contributed by atoms with Crippen molar-refractivity contribution in [3.05, 3.63) is 59.2 Å². The smallest absolute Gasteiger partial charge is 0.220 e. The minimum absolute atomic E-state index is 0.0671. The Kier molecular flexibility index (Phi) is 7.43. The Morgan fingerprint density at radius 3 is 2.52 bits per heavy atom. The van der Waals surface area contributed by atoms with Crippen LogP contribution >= 0.6 is 0 Å². The number of amides is 1. The first-order valence-electron chi connectivity index (χ1n) is 11.2. The first-order chi connectivity index (χ1) is 15.2. The highest BCUT2D eigenvalue weighted by molar-refractivity contribution is 5.76. The lowest BCUT2D eigenvalue weighted by atomic mass is 10.0. The summed E-state index contributed by atoms with van der Waals surface area (Å²) in [6.45, 7) is 7.27. The van der Waals surface area contributed by atoms with Gasteiger partial charge < -0.3 is 19.5 Å². The van der Waals surface area contributed by atoms with E-state index in [-0.39, 0.29) is 11.9 Å². The molecule has 2 aromatic rings. The molecule has 1 saturated heterocycles. The molecule has 2 aliphatic heterocycles. The van der Waals surface area contributed by atoms with E-state index in [1.807, 2.05) is 18.2 Å². The molecule has 0 spiro atoms. The minimum Gasteiger partial charge on any atom is -0.490 e. The van der Waals surface area contributed by atoms with Gasteiger partial charge in [-0.25, -0.2) is 0 Å². The van der Waals surface area contributed by atoms with E-state index < -0.39 is 0 Å². The lowest BCUT2D eigenvalue weighted by Crippen LogP contribution is -2.43. The molecule has 1 unspecified atom stereocenters. The fourth-order valence-corrected chi connectivity index (χ4v) is 4.06. The number of carbonyl (C=O) groups excluding carboxylic acids is 1. The predicted octanol–water partition coefficient (Wildman–Crippen LogP) is 3.28. The number of aryl methyl sites for hydroxylation is 2. The van der Waals surface area contributed by atoms with E-state index >= 15 is 0 Å². The third-order valence-electron chi connectivity index (χ3n) is 5.89. The standard InChI is InChI=1S/C25H32N2O4/c1-19-3-7-21(8-4-19)22(27-11-15-29-16-12-27)18-26-25(28)10-6-20-5-9-23-24(17-20)31-14-2-13-30-23/h3-5,7-9,17,22H,2,6,10-16,18H2,1H3,(H,26,28). The summed E-state index contributed by atoms with van der Waals surface area (Å²) < 4.78 is 17.0. The van der Waals surface area contributed by atoms with Gasteiger partial charge in [-0.2, -0.15) is 0 Å². The molecule has 31 heavy (non-hydrogen) atoms. The van der Waals surface area contributed by atoms with Gasteiger partial charge in [0.1, 0.15) is 0 Å². The Labute approximate surface area is 184 Å². The van der Waals surface area contributed by atoms with Gasteiger partial charge in [-0.05, 0) is 36.6 Å². The van der Waals surface area contributed by atoms with Crippen molar-refractivity contribution in [2.45, 2.75) is 32.2 Å². The number of morpholine rings is 1. The number of hydrogen-bond acceptors (Lipinski definition) is 5. The third-order valence-corrected chi connectivity index (χ3v) is 5.89. The summed E-state index contributed by atoms with van der Waals surface area (Å²) in [5, 5.41) is 3.16. The van der Waals surface area contributed by atoms with E-state index in [0.29, 0.717) is 32.6 Å². The molecule has 0 aliphatic carbocycles. The van der Waals surface area contributed by atoms with Gasteiger partial charge in [0.2, 0.25) is 5.91 Å². The highest BCUT2D eigenvalue weighted by Gasteiger charge is 2.23. The molecule has 0 aromatic heterocycles. The molecule has 1 amide bonds. The molecule has 166 valence electrons. The van der Waals surface area contributed by atoms with Crippen LogP contribution in [0.4, 0.5) is 0 Å². The van der Waals surface area contributed by atoms with Gasteiger partial charge in [0.25, 0.3) is 0 Å². The fraction of sp³-hybridized carbons (Fsp3) is 0.480. The first-order valence-corrected chi connectivity index (χ1v) is 11.2. The highest BCUT2D eigenvalue weighted by Crippen LogP contribution is 2.30. The van der Waals surface area contributed by atoms with Crippen molar-refractivity contribution in [1.29, 1.82) is 0 Å². The summed E-state index contributed by atoms with van der Waals surface area (Å²) in [4.78, 5) is 15.0. The number of rotatable bonds is 7. The maximum absolute atomic E-state index is 12.6. The number of benzene rings is 2. The predicted molar refractivity (Wildman–Crippen MR) is 120 cm³/mol. The Bertz CT molecular complexity index is 862. The molecule has 2 aromatic carbocycles. The maximum Gasteiger partial charge on any atom is 0.220 e. The quantitative estimate of drug-likeness (QED) is 0.739. The zero-order chi connectivity index (χ0) is 21.5. The third kappa shape index (κ3) is 5.99. The lowest BCUT2D eigenvalue weighted by molar-refractivity contribution is -0.121. The van der Waals surface area contributed by atoms with Gasteiger partial charge in [0.05, 0.1) is 32.5 Å². The van der Waals surface area contributed by atoms with E-state index in [0.717, 1.165) is 49.8 Å². The van der Waals surface area contributed by atoms with Crippen molar-refractivity contribution >= 4 is 5.91 Å². The van der Waals surface area contributed by atoms with Crippen LogP contribution in [-0.2, 0) is 16.0 Å². The molecule has 0 bridgehead atoms. The van der Waals surface area contributed by atoms with Crippen molar-refractivity contribution in [2.75, 3.05) is 46.1 Å². The summed E-state index contributed by atoms with van der Waals surface area (Å²) in [5.41, 5.74) is 3.56. The largest absolute Gasteiger partial charge is 0.490 e. The van der Waals surface area contributed by atoms with Crippen LogP contribution in [0.15, 0.2) is 42.5 Å². The van der Waals surface area contributed by atoms with Crippen LogP contribution in [0, 0.1) is 6.92 Å². The molecule has 0 radical (unpaired) electrons. The molecular weight excluding hydrogens is 392 g/mol. The molecule has 6 heteroatoms. The Hall–Kier alpha value is -2.57. The highest BCUT2D eigenvalue weighted by atomic mass is 16.5. The molecular formula is C25H32N2O4. The van der Waals surface area contributed by atoms with Gasteiger partial charge >= 0.3 is 0 Å². The van der Waals surface area contributed by atoms with E-state index in [1.54, 1.807) is 0 Å². The fourth-order valence-electron chi connectivity index (χ4n) is 4.06. The van der Waals surface area contributed by atoms with Gasteiger partial charge in [-0.1, -0.05) is 35.9 Å². The van der Waals surface area contributed by atoms with Crippen molar-refractivity contribution in [2.24, 2.45) is 0 Å². The van der Waals surface area contributed by atoms with Crippen LogP contribution < -0.4 is 14.8 Å². The Balaban J connectivity index is 1.33. The molecule has 4 rings (SSSR count). The van der Waals surface area contributed by atoms with Crippen LogP contribution in [0.5, 0.6) is 11.5 Å². The first kappa shape index (κ1) is 21.7. The van der Waals surface area contributed by atoms with Gasteiger partial charge in [0, 0.05) is 32.5 Å². The topological polar surface area (TPSA) is 60.0 Å². The van der Waals surface area contributed by atoms with Crippen LogP contribution in [-0.4, -0.2) is 56.9 Å². The molecule has 2 aliphatic rings. The average Bonchev–Trinajstić information content (AvgIpc) is 3.05. The number of nitrogens with zero attached hydrogens (tertiary/aromatic N) is 1. The normalized spacial score (nSPS) is 17.6. The zero-order valence-corrected chi connectivity index (χ0v) is 18.3. The van der Waals surface area contributed by atoms with Gasteiger partial charge in [-0.3, -0.25) is 9.69 Å². The van der Waals surface area contributed by atoms with Crippen molar-refractivity contribution in [3.63, 3.8) is 0 Å². The van der Waals surface area contributed by atoms with Gasteiger partial charge in [0.15, 0.2) is 11.5 Å². The number of hydrogen-bond donors (Lipinski definition) is 1. The summed E-state index contributed by atoms with van der Waals surface area (Å²) in [5.74, 6) is 1.64. The maximum atomic E-state index is 12.6. The Morgan fingerprint density at radius 1 is 1.00 bits per heavy atom. The van der Waals surface area contributed by atoms with Crippen molar-refractivity contribution in [1.82, 2.24) is 10.2 Å². The molecule has 6 nitrogen and oxygen atoms in total. The number of ether oxygens (including phenoxy) is 3. The minimum atomic E-state index is 0.0671. The molecule has 1 atom stereocenters. The number of nitrogens with one attached hydrogen (secondary N) is 1. The second kappa shape index (κ2) is 10.6. The molecule has 0 saturated carbocycles. The van der Waals surface area contributed by atoms with E-state index in [4.69, 9.17) is 14.2 Å².